The van der Waals surface area contributed by atoms with Gasteiger partial charge in [0.1, 0.15) is 42.4 Å². The van der Waals surface area contributed by atoms with Gasteiger partial charge in [0.2, 0.25) is 0 Å². The van der Waals surface area contributed by atoms with Gasteiger partial charge in [0.05, 0.1) is 51.9 Å². The summed E-state index contributed by atoms with van der Waals surface area (Å²) in [6, 6.07) is 0. The van der Waals surface area contributed by atoms with Crippen LogP contribution in [0, 0.1) is 0 Å². The van der Waals surface area contributed by atoms with E-state index in [2.05, 4.69) is 5.32 Å². The predicted octanol–water partition coefficient (Wildman–Crippen LogP) is -3.59. The average Bonchev–Trinajstić information content (AvgIpc) is 2.75. The van der Waals surface area contributed by atoms with Crippen molar-refractivity contribution in [2.45, 2.75) is 49.8 Å². The second-order valence-electron chi connectivity index (χ2n) is 6.82. The van der Waals surface area contributed by atoms with Gasteiger partial charge in [-0.25, -0.2) is 0 Å². The molecule has 0 bridgehead atoms. The number of aliphatic hydroxyl groups is 6. The second kappa shape index (κ2) is 12.7. The summed E-state index contributed by atoms with van der Waals surface area (Å²) in [5.74, 6) is 0.354. The van der Waals surface area contributed by atoms with Crippen LogP contribution in [0.1, 0.15) is 6.92 Å². The van der Waals surface area contributed by atoms with Crippen molar-refractivity contribution in [3.8, 4) is 0 Å². The van der Waals surface area contributed by atoms with Gasteiger partial charge in [0.25, 0.3) is 0 Å². The second-order valence-corrected chi connectivity index (χ2v) is 6.82. The predicted molar refractivity (Wildman–Crippen MR) is 100 cm³/mol. The zero-order chi connectivity index (χ0) is 22.1. The zero-order valence-electron chi connectivity index (χ0n) is 16.9. The maximum atomic E-state index is 9.83. The molecule has 2 rings (SSSR count). The quantitative estimate of drug-likeness (QED) is 0.132. The van der Waals surface area contributed by atoms with E-state index in [0.29, 0.717) is 44.4 Å². The van der Waals surface area contributed by atoms with E-state index in [-0.39, 0.29) is 13.2 Å². The lowest BCUT2D eigenvalue weighted by atomic mass is 9.95. The first-order valence-electron chi connectivity index (χ1n) is 9.96. The van der Waals surface area contributed by atoms with E-state index >= 15 is 0 Å². The molecule has 0 aromatic heterocycles. The lowest BCUT2D eigenvalue weighted by Crippen LogP contribution is -2.59. The highest BCUT2D eigenvalue weighted by molar-refractivity contribution is 5.30. The Morgan fingerprint density at radius 1 is 0.867 bits per heavy atom. The van der Waals surface area contributed by atoms with Gasteiger partial charge >= 0.3 is 0 Å². The first-order valence-corrected chi connectivity index (χ1v) is 9.96. The van der Waals surface area contributed by atoms with Gasteiger partial charge in [-0.15, -0.1) is 0 Å². The highest BCUT2D eigenvalue weighted by atomic mass is 16.7. The largest absolute Gasteiger partial charge is 0.493 e. The fraction of sp³-hybridized carbons (Fsp3) is 0.889. The molecule has 12 nitrogen and oxygen atoms in total. The maximum Gasteiger partial charge on any atom is 0.186 e. The van der Waals surface area contributed by atoms with Crippen LogP contribution in [0.25, 0.3) is 0 Å². The number of hydrogen-bond acceptors (Lipinski definition) is 12. The Hall–Kier alpha value is -1.06. The Morgan fingerprint density at radius 2 is 1.53 bits per heavy atom. The van der Waals surface area contributed by atoms with Crippen molar-refractivity contribution >= 4 is 0 Å². The molecule has 1 fully saturated rings. The van der Waals surface area contributed by atoms with E-state index in [1.165, 1.54) is 0 Å². The van der Waals surface area contributed by atoms with Gasteiger partial charge in [-0.2, -0.15) is 0 Å². The molecule has 0 radical (unpaired) electrons. The molecule has 1 saturated heterocycles. The number of nitrogens with one attached hydrogen (secondary N) is 1. The minimum atomic E-state index is -1.48. The molecule has 0 aromatic rings. The molecule has 30 heavy (non-hydrogen) atoms. The van der Waals surface area contributed by atoms with E-state index in [4.69, 9.17) is 28.8 Å². The fourth-order valence-corrected chi connectivity index (χ4v) is 3.03. The molecule has 0 amide bonds. The van der Waals surface area contributed by atoms with E-state index in [1.807, 2.05) is 0 Å². The lowest BCUT2D eigenvalue weighted by Gasteiger charge is -2.39. The molecule has 7 N–H and O–H groups in total. The normalized spacial score (nSPS) is 34.0. The number of aliphatic hydroxyl groups excluding tert-OH is 6. The van der Waals surface area contributed by atoms with E-state index in [1.54, 1.807) is 6.92 Å². The molecule has 1 heterocycles. The van der Waals surface area contributed by atoms with Crippen LogP contribution in [0.3, 0.4) is 0 Å². The summed E-state index contributed by atoms with van der Waals surface area (Å²) in [6.07, 6.45) is -8.50. The number of ether oxygens (including phenoxy) is 5. The highest BCUT2D eigenvalue weighted by Gasteiger charge is 2.44. The summed E-state index contributed by atoms with van der Waals surface area (Å²) in [5.41, 5.74) is 0.467. The standard InChI is InChI=1S/C18H33NO11/c1-2-28-17-11(13(22)15(17)24)19-3-4-26-5-6-27-7-8-29-18-16(25)14(23)12(21)10(9-20)30-18/h10,12-16,18-25H,2-9H2,1H3/t10-,12-,13?,14+,15?,16+,18?/m1/s1. The summed E-state index contributed by atoms with van der Waals surface area (Å²) in [7, 11) is 0. The molecule has 1 aliphatic carbocycles. The van der Waals surface area contributed by atoms with Crippen LogP contribution in [-0.4, -0.2) is 126 Å². The molecule has 0 spiro atoms. The van der Waals surface area contributed by atoms with Crippen molar-refractivity contribution in [3.05, 3.63) is 11.5 Å². The Bertz CT molecular complexity index is 532. The SMILES string of the molecule is CCOC1=C(NCCOCCOCCOC2O[C@H](CO)[C@@H](O)[C@H](O)[C@@H]2O)C(O)C1O. The minimum Gasteiger partial charge on any atom is -0.493 e. The van der Waals surface area contributed by atoms with Crippen LogP contribution in [0.5, 0.6) is 0 Å². The first-order chi connectivity index (χ1) is 14.4. The van der Waals surface area contributed by atoms with Gasteiger partial charge < -0.3 is 59.6 Å². The third-order valence-electron chi connectivity index (χ3n) is 4.72. The van der Waals surface area contributed by atoms with E-state index in [0.717, 1.165) is 0 Å². The van der Waals surface area contributed by atoms with Gasteiger partial charge in [-0.1, -0.05) is 0 Å². The average molecular weight is 439 g/mol. The smallest absolute Gasteiger partial charge is 0.186 e. The molecule has 12 heteroatoms. The van der Waals surface area contributed by atoms with Crippen molar-refractivity contribution in [1.29, 1.82) is 0 Å². The summed E-state index contributed by atoms with van der Waals surface area (Å²) < 4.78 is 26.5. The van der Waals surface area contributed by atoms with Crippen LogP contribution in [-0.2, 0) is 23.7 Å². The highest BCUT2D eigenvalue weighted by Crippen LogP contribution is 2.27. The monoisotopic (exact) mass is 439 g/mol. The van der Waals surface area contributed by atoms with Gasteiger partial charge in [0, 0.05) is 6.54 Å². The molecular formula is C18H33NO11. The zero-order valence-corrected chi connectivity index (χ0v) is 16.9. The molecule has 1 aliphatic heterocycles. The Balaban J connectivity index is 1.49. The van der Waals surface area contributed by atoms with Crippen LogP contribution in [0.15, 0.2) is 11.5 Å². The summed E-state index contributed by atoms with van der Waals surface area (Å²) >= 11 is 0. The molecular weight excluding hydrogens is 406 g/mol. The number of rotatable bonds is 14. The van der Waals surface area contributed by atoms with Crippen molar-refractivity contribution in [1.82, 2.24) is 5.32 Å². The topological polar surface area (TPSA) is 180 Å². The summed E-state index contributed by atoms with van der Waals surface area (Å²) in [6.45, 7) is 3.34. The minimum absolute atomic E-state index is 0.0683. The molecule has 7 atom stereocenters. The summed E-state index contributed by atoms with van der Waals surface area (Å²) in [4.78, 5) is 0. The van der Waals surface area contributed by atoms with Crippen molar-refractivity contribution in [3.63, 3.8) is 0 Å². The number of hydrogen-bond donors (Lipinski definition) is 7. The van der Waals surface area contributed by atoms with Gasteiger partial charge in [-0.3, -0.25) is 0 Å². The molecule has 176 valence electrons. The first kappa shape index (κ1) is 25.2. The summed E-state index contributed by atoms with van der Waals surface area (Å²) in [5, 5.41) is 60.5. The Labute approximate surface area is 174 Å². The van der Waals surface area contributed by atoms with Gasteiger partial charge in [-0.05, 0) is 6.92 Å². The van der Waals surface area contributed by atoms with Crippen LogP contribution in [0.4, 0.5) is 0 Å². The molecule has 0 aromatic carbocycles. The fourth-order valence-electron chi connectivity index (χ4n) is 3.03. The van der Waals surface area contributed by atoms with E-state index < -0.39 is 49.5 Å². The maximum absolute atomic E-state index is 9.83. The van der Waals surface area contributed by atoms with Crippen molar-refractivity contribution in [2.24, 2.45) is 0 Å². The third kappa shape index (κ3) is 6.47. The van der Waals surface area contributed by atoms with Crippen molar-refractivity contribution in [2.75, 3.05) is 52.8 Å². The third-order valence-corrected chi connectivity index (χ3v) is 4.72. The Kier molecular flexibility index (Phi) is 10.7. The lowest BCUT2D eigenvalue weighted by molar-refractivity contribution is -0.302. The van der Waals surface area contributed by atoms with Crippen LogP contribution in [0.2, 0.25) is 0 Å². The van der Waals surface area contributed by atoms with E-state index in [9.17, 15) is 25.5 Å². The molecule has 3 unspecified atom stereocenters. The van der Waals surface area contributed by atoms with Crippen LogP contribution < -0.4 is 5.32 Å². The molecule has 0 saturated carbocycles. The van der Waals surface area contributed by atoms with Crippen LogP contribution >= 0.6 is 0 Å². The van der Waals surface area contributed by atoms with Gasteiger partial charge in [0.15, 0.2) is 6.29 Å². The van der Waals surface area contributed by atoms with Crippen molar-refractivity contribution < 1.29 is 54.3 Å². The molecule has 2 aliphatic rings. The Morgan fingerprint density at radius 3 is 2.20 bits per heavy atom.